The maximum absolute atomic E-state index is 12.8. The number of aliphatic hydroxyl groups excluding tert-OH is 1. The standard InChI is InChI=1S/C13H19FN2O2S/c1-10(9-16-4-6-19(18)7-5-16)13(17)12-3-2-11(14)8-15-12/h2-3,8,10,13,17H,4-7,9H2,1H3. The number of hydrogen-bond donors (Lipinski definition) is 1. The molecule has 1 aliphatic heterocycles. The van der Waals surface area contributed by atoms with Crippen LogP contribution in [-0.2, 0) is 10.8 Å². The predicted molar refractivity (Wildman–Crippen MR) is 72.6 cm³/mol. The minimum Gasteiger partial charge on any atom is -0.386 e. The second-order valence-electron chi connectivity index (χ2n) is 4.97. The van der Waals surface area contributed by atoms with E-state index in [0.717, 1.165) is 25.8 Å². The molecule has 2 atom stereocenters. The first kappa shape index (κ1) is 14.6. The molecule has 1 aromatic heterocycles. The summed E-state index contributed by atoms with van der Waals surface area (Å²) in [5.74, 6) is 1.02. The zero-order valence-electron chi connectivity index (χ0n) is 11.0. The van der Waals surface area contributed by atoms with Crippen LogP contribution in [0.5, 0.6) is 0 Å². The molecule has 2 heterocycles. The van der Waals surface area contributed by atoms with Crippen LogP contribution in [0.25, 0.3) is 0 Å². The summed E-state index contributed by atoms with van der Waals surface area (Å²) in [5, 5.41) is 10.2. The largest absolute Gasteiger partial charge is 0.386 e. The molecule has 1 N–H and O–H groups in total. The molecule has 1 fully saturated rings. The van der Waals surface area contributed by atoms with Crippen molar-refractivity contribution in [2.75, 3.05) is 31.1 Å². The van der Waals surface area contributed by atoms with E-state index in [4.69, 9.17) is 0 Å². The fraction of sp³-hybridized carbons (Fsp3) is 0.615. The van der Waals surface area contributed by atoms with Crippen LogP contribution < -0.4 is 0 Å². The monoisotopic (exact) mass is 286 g/mol. The van der Waals surface area contributed by atoms with Crippen molar-refractivity contribution in [1.82, 2.24) is 9.88 Å². The lowest BCUT2D eigenvalue weighted by atomic mass is 10.0. The Hall–Kier alpha value is -0.850. The molecule has 0 radical (unpaired) electrons. The van der Waals surface area contributed by atoms with E-state index in [2.05, 4.69) is 9.88 Å². The first-order valence-electron chi connectivity index (χ1n) is 6.43. The average molecular weight is 286 g/mol. The molecule has 0 amide bonds. The molecule has 2 unspecified atom stereocenters. The Morgan fingerprint density at radius 2 is 2.16 bits per heavy atom. The maximum atomic E-state index is 12.8. The smallest absolute Gasteiger partial charge is 0.141 e. The van der Waals surface area contributed by atoms with Gasteiger partial charge in [-0.3, -0.25) is 9.19 Å². The SMILES string of the molecule is CC(CN1CCS(=O)CC1)C(O)c1ccc(F)cn1. The third kappa shape index (κ3) is 4.06. The van der Waals surface area contributed by atoms with E-state index in [1.807, 2.05) is 6.92 Å². The zero-order valence-corrected chi connectivity index (χ0v) is 11.8. The summed E-state index contributed by atoms with van der Waals surface area (Å²) in [7, 11) is -0.683. The molecule has 1 aliphatic rings. The molecule has 106 valence electrons. The highest BCUT2D eigenvalue weighted by atomic mass is 32.2. The van der Waals surface area contributed by atoms with Crippen molar-refractivity contribution in [2.45, 2.75) is 13.0 Å². The van der Waals surface area contributed by atoms with Gasteiger partial charge in [0.25, 0.3) is 0 Å². The van der Waals surface area contributed by atoms with E-state index >= 15 is 0 Å². The van der Waals surface area contributed by atoms with Crippen LogP contribution in [0.2, 0.25) is 0 Å². The number of aromatic nitrogens is 1. The first-order chi connectivity index (χ1) is 9.06. The van der Waals surface area contributed by atoms with E-state index in [1.54, 1.807) is 0 Å². The quantitative estimate of drug-likeness (QED) is 0.895. The Bertz CT molecular complexity index is 431. The summed E-state index contributed by atoms with van der Waals surface area (Å²) in [6, 6.07) is 2.82. The molecule has 6 heteroatoms. The lowest BCUT2D eigenvalue weighted by Gasteiger charge is -2.30. The van der Waals surface area contributed by atoms with E-state index in [-0.39, 0.29) is 5.92 Å². The number of pyridine rings is 1. The van der Waals surface area contributed by atoms with Crippen LogP contribution in [0.4, 0.5) is 4.39 Å². The summed E-state index contributed by atoms with van der Waals surface area (Å²) in [6.45, 7) is 4.29. The van der Waals surface area contributed by atoms with E-state index < -0.39 is 22.7 Å². The summed E-state index contributed by atoms with van der Waals surface area (Å²) < 4.78 is 24.1. The Kier molecular flexibility index (Phi) is 5.01. The predicted octanol–water partition coefficient (Wildman–Crippen LogP) is 0.954. The van der Waals surface area contributed by atoms with Crippen molar-refractivity contribution >= 4 is 10.8 Å². The number of halogens is 1. The number of hydrogen-bond acceptors (Lipinski definition) is 4. The molecule has 0 spiro atoms. The molecule has 19 heavy (non-hydrogen) atoms. The Balaban J connectivity index is 1.90. The van der Waals surface area contributed by atoms with Crippen molar-refractivity contribution in [1.29, 1.82) is 0 Å². The second-order valence-corrected chi connectivity index (χ2v) is 6.67. The van der Waals surface area contributed by atoms with Gasteiger partial charge in [0.15, 0.2) is 0 Å². The second kappa shape index (κ2) is 6.54. The van der Waals surface area contributed by atoms with Gasteiger partial charge in [0, 0.05) is 47.9 Å². The van der Waals surface area contributed by atoms with Crippen LogP contribution in [0.1, 0.15) is 18.7 Å². The van der Waals surface area contributed by atoms with Gasteiger partial charge in [-0.15, -0.1) is 0 Å². The molecule has 0 bridgehead atoms. The van der Waals surface area contributed by atoms with Crippen LogP contribution in [0.15, 0.2) is 18.3 Å². The molecule has 1 aromatic rings. The first-order valence-corrected chi connectivity index (χ1v) is 7.92. The lowest BCUT2D eigenvalue weighted by molar-refractivity contribution is 0.0872. The fourth-order valence-electron chi connectivity index (χ4n) is 2.22. The normalized spacial score (nSPS) is 21.2. The molecule has 4 nitrogen and oxygen atoms in total. The Morgan fingerprint density at radius 3 is 2.74 bits per heavy atom. The zero-order chi connectivity index (χ0) is 13.8. The van der Waals surface area contributed by atoms with Crippen molar-refractivity contribution in [3.8, 4) is 0 Å². The molecule has 0 aliphatic carbocycles. The minimum atomic E-state index is -0.701. The van der Waals surface area contributed by atoms with Crippen molar-refractivity contribution in [2.24, 2.45) is 5.92 Å². The summed E-state index contributed by atoms with van der Waals surface area (Å²) in [5.41, 5.74) is 0.495. The topological polar surface area (TPSA) is 53.4 Å². The highest BCUT2D eigenvalue weighted by molar-refractivity contribution is 7.85. The molecule has 2 rings (SSSR count). The van der Waals surface area contributed by atoms with Gasteiger partial charge in [-0.2, -0.15) is 0 Å². The van der Waals surface area contributed by atoms with Crippen LogP contribution >= 0.6 is 0 Å². The van der Waals surface area contributed by atoms with E-state index in [1.165, 1.54) is 12.1 Å². The van der Waals surface area contributed by atoms with Gasteiger partial charge >= 0.3 is 0 Å². The average Bonchev–Trinajstić information content (AvgIpc) is 2.41. The maximum Gasteiger partial charge on any atom is 0.141 e. The molecular formula is C13H19FN2O2S. The third-order valence-corrected chi connectivity index (χ3v) is 4.68. The van der Waals surface area contributed by atoms with Crippen LogP contribution in [0.3, 0.4) is 0 Å². The number of nitrogens with zero attached hydrogens (tertiary/aromatic N) is 2. The van der Waals surface area contributed by atoms with Gasteiger partial charge in [0.05, 0.1) is 18.0 Å². The lowest BCUT2D eigenvalue weighted by Crippen LogP contribution is -2.41. The molecule has 0 saturated carbocycles. The van der Waals surface area contributed by atoms with Crippen molar-refractivity contribution < 1.29 is 13.7 Å². The van der Waals surface area contributed by atoms with Gasteiger partial charge in [-0.1, -0.05) is 6.92 Å². The summed E-state index contributed by atoms with van der Waals surface area (Å²) in [6.07, 6.45) is 0.419. The minimum absolute atomic E-state index is 0.00416. The van der Waals surface area contributed by atoms with Gasteiger partial charge in [0.1, 0.15) is 5.82 Å². The summed E-state index contributed by atoms with van der Waals surface area (Å²) >= 11 is 0. The highest BCUT2D eigenvalue weighted by Gasteiger charge is 2.22. The fourth-order valence-corrected chi connectivity index (χ4v) is 3.35. The van der Waals surface area contributed by atoms with Crippen molar-refractivity contribution in [3.63, 3.8) is 0 Å². The third-order valence-electron chi connectivity index (χ3n) is 3.41. The highest BCUT2D eigenvalue weighted by Crippen LogP contribution is 2.21. The Morgan fingerprint density at radius 1 is 1.47 bits per heavy atom. The molecule has 1 saturated heterocycles. The van der Waals surface area contributed by atoms with Gasteiger partial charge in [-0.25, -0.2) is 4.39 Å². The van der Waals surface area contributed by atoms with E-state index in [0.29, 0.717) is 17.2 Å². The van der Waals surface area contributed by atoms with Crippen LogP contribution in [0, 0.1) is 11.7 Å². The van der Waals surface area contributed by atoms with Gasteiger partial charge in [0.2, 0.25) is 0 Å². The molecule has 0 aromatic carbocycles. The summed E-state index contributed by atoms with van der Waals surface area (Å²) in [4.78, 5) is 6.12. The van der Waals surface area contributed by atoms with Crippen LogP contribution in [-0.4, -0.2) is 50.3 Å². The number of rotatable bonds is 4. The number of aliphatic hydroxyl groups is 1. The molecular weight excluding hydrogens is 267 g/mol. The Labute approximate surface area is 115 Å². The van der Waals surface area contributed by atoms with Gasteiger partial charge < -0.3 is 10.0 Å². The van der Waals surface area contributed by atoms with Gasteiger partial charge in [-0.05, 0) is 12.1 Å². The van der Waals surface area contributed by atoms with E-state index in [9.17, 15) is 13.7 Å². The van der Waals surface area contributed by atoms with Crippen molar-refractivity contribution in [3.05, 3.63) is 29.8 Å².